The van der Waals surface area contributed by atoms with Gasteiger partial charge in [0.2, 0.25) is 0 Å². The highest BCUT2D eigenvalue weighted by molar-refractivity contribution is 5.95. The highest BCUT2D eigenvalue weighted by Gasteiger charge is 2.30. The number of methoxy groups -OCH3 is 1. The van der Waals surface area contributed by atoms with Gasteiger partial charge in [-0.15, -0.1) is 0 Å². The van der Waals surface area contributed by atoms with Crippen LogP contribution in [0.15, 0.2) is 66.9 Å². The Balaban J connectivity index is 1.37. The first-order valence-corrected chi connectivity index (χ1v) is 12.5. The Bertz CT molecular complexity index is 1130. The van der Waals surface area contributed by atoms with E-state index >= 15 is 0 Å². The summed E-state index contributed by atoms with van der Waals surface area (Å²) in [5, 5.41) is 0. The molecular formula is C29H35N3O4. The van der Waals surface area contributed by atoms with Crippen molar-refractivity contribution in [2.45, 2.75) is 45.9 Å². The third-order valence-electron chi connectivity index (χ3n) is 6.34. The van der Waals surface area contributed by atoms with Crippen molar-refractivity contribution in [1.29, 1.82) is 0 Å². The maximum Gasteiger partial charge on any atom is 0.342 e. The Kier molecular flexibility index (Phi) is 8.44. The van der Waals surface area contributed by atoms with E-state index in [0.29, 0.717) is 17.4 Å². The van der Waals surface area contributed by atoms with Crippen molar-refractivity contribution in [3.8, 4) is 17.2 Å². The fourth-order valence-electron chi connectivity index (χ4n) is 4.49. The maximum absolute atomic E-state index is 12.6. The zero-order chi connectivity index (χ0) is 25.5. The van der Waals surface area contributed by atoms with Crippen LogP contribution in [0.1, 0.15) is 43.1 Å². The zero-order valence-electron chi connectivity index (χ0n) is 21.5. The van der Waals surface area contributed by atoms with Crippen LogP contribution in [0, 0.1) is 0 Å². The van der Waals surface area contributed by atoms with Crippen molar-refractivity contribution < 1.29 is 19.0 Å². The van der Waals surface area contributed by atoms with E-state index in [9.17, 15) is 4.79 Å². The average Bonchev–Trinajstić information content (AvgIpc) is 3.38. The van der Waals surface area contributed by atoms with Crippen LogP contribution >= 0.6 is 0 Å². The van der Waals surface area contributed by atoms with E-state index in [2.05, 4.69) is 33.8 Å². The standard InChI is InChI=1S/C29H35N3O4/c1-5-31(19-22-8-10-25(11-9-22)36-26-14-12-24(34-4)13-15-26)23-16-18-32(20-23)28-27(7-6-17-30-28)29(33)35-21(2)3/h6-15,17,21,23H,5,16,18-20H2,1-4H3/t23-/m0/s1. The number of anilines is 1. The lowest BCUT2D eigenvalue weighted by Gasteiger charge is -2.28. The molecule has 7 heteroatoms. The monoisotopic (exact) mass is 489 g/mol. The minimum atomic E-state index is -0.319. The topological polar surface area (TPSA) is 64.1 Å². The van der Waals surface area contributed by atoms with Gasteiger partial charge in [0, 0.05) is 31.9 Å². The predicted octanol–water partition coefficient (Wildman–Crippen LogP) is 5.55. The number of carbonyl (C=O) groups is 1. The minimum absolute atomic E-state index is 0.166. The molecule has 0 bridgehead atoms. The predicted molar refractivity (Wildman–Crippen MR) is 141 cm³/mol. The fourth-order valence-corrected chi connectivity index (χ4v) is 4.49. The van der Waals surface area contributed by atoms with Crippen molar-refractivity contribution in [1.82, 2.24) is 9.88 Å². The molecule has 36 heavy (non-hydrogen) atoms. The van der Waals surface area contributed by atoms with Gasteiger partial charge >= 0.3 is 5.97 Å². The summed E-state index contributed by atoms with van der Waals surface area (Å²) < 4.78 is 16.6. The van der Waals surface area contributed by atoms with Gasteiger partial charge in [-0.05, 0) is 80.9 Å². The molecule has 2 heterocycles. The highest BCUT2D eigenvalue weighted by atomic mass is 16.5. The molecule has 1 saturated heterocycles. The number of nitrogens with zero attached hydrogens (tertiary/aromatic N) is 3. The van der Waals surface area contributed by atoms with Gasteiger partial charge in [0.1, 0.15) is 28.6 Å². The third kappa shape index (κ3) is 6.34. The van der Waals surface area contributed by atoms with Crippen molar-refractivity contribution >= 4 is 11.8 Å². The molecule has 0 N–H and O–H groups in total. The molecule has 1 atom stereocenters. The van der Waals surface area contributed by atoms with E-state index in [0.717, 1.165) is 49.8 Å². The van der Waals surface area contributed by atoms with Gasteiger partial charge in [0.15, 0.2) is 0 Å². The summed E-state index contributed by atoms with van der Waals surface area (Å²) in [4.78, 5) is 21.8. The number of benzene rings is 2. The number of hydrogen-bond donors (Lipinski definition) is 0. The molecular weight excluding hydrogens is 454 g/mol. The first-order chi connectivity index (χ1) is 17.5. The Hall–Kier alpha value is -3.58. The molecule has 1 fully saturated rings. The number of rotatable bonds is 10. The van der Waals surface area contributed by atoms with Crippen LogP contribution in [0.3, 0.4) is 0 Å². The lowest BCUT2D eigenvalue weighted by molar-refractivity contribution is 0.0378. The normalized spacial score (nSPS) is 15.4. The van der Waals surface area contributed by atoms with E-state index in [4.69, 9.17) is 14.2 Å². The molecule has 4 rings (SSSR count). The summed E-state index contributed by atoms with van der Waals surface area (Å²) in [6, 6.07) is 19.8. The van der Waals surface area contributed by atoms with Gasteiger partial charge < -0.3 is 19.1 Å². The van der Waals surface area contributed by atoms with Crippen LogP contribution in [0.5, 0.6) is 17.2 Å². The number of hydrogen-bond acceptors (Lipinski definition) is 7. The Morgan fingerprint density at radius 1 is 1.06 bits per heavy atom. The van der Waals surface area contributed by atoms with Crippen LogP contribution in [-0.2, 0) is 11.3 Å². The van der Waals surface area contributed by atoms with E-state index in [1.54, 1.807) is 25.4 Å². The zero-order valence-corrected chi connectivity index (χ0v) is 21.5. The molecule has 2 aromatic carbocycles. The van der Waals surface area contributed by atoms with E-state index in [1.807, 2.05) is 50.2 Å². The van der Waals surface area contributed by atoms with Gasteiger partial charge in [0.05, 0.1) is 13.2 Å². The summed E-state index contributed by atoms with van der Waals surface area (Å²) in [6.45, 7) is 9.37. The van der Waals surface area contributed by atoms with E-state index < -0.39 is 0 Å². The number of pyridine rings is 1. The number of ether oxygens (including phenoxy) is 3. The molecule has 0 saturated carbocycles. The summed E-state index contributed by atoms with van der Waals surface area (Å²) in [5.41, 5.74) is 1.76. The Labute approximate surface area is 213 Å². The van der Waals surface area contributed by atoms with Crippen LogP contribution in [0.2, 0.25) is 0 Å². The molecule has 1 aliphatic rings. The largest absolute Gasteiger partial charge is 0.497 e. The molecule has 0 aliphatic carbocycles. The number of esters is 1. The third-order valence-corrected chi connectivity index (χ3v) is 6.34. The van der Waals surface area contributed by atoms with Gasteiger partial charge in [-0.1, -0.05) is 19.1 Å². The van der Waals surface area contributed by atoms with Crippen LogP contribution in [0.4, 0.5) is 5.82 Å². The lowest BCUT2D eigenvalue weighted by atomic mass is 10.1. The second-order valence-corrected chi connectivity index (χ2v) is 9.20. The molecule has 0 radical (unpaired) electrons. The second-order valence-electron chi connectivity index (χ2n) is 9.20. The first-order valence-electron chi connectivity index (χ1n) is 12.5. The van der Waals surface area contributed by atoms with Gasteiger partial charge in [-0.3, -0.25) is 4.90 Å². The minimum Gasteiger partial charge on any atom is -0.497 e. The van der Waals surface area contributed by atoms with E-state index in [-0.39, 0.29) is 12.1 Å². The molecule has 7 nitrogen and oxygen atoms in total. The van der Waals surface area contributed by atoms with Crippen molar-refractivity contribution in [3.63, 3.8) is 0 Å². The molecule has 190 valence electrons. The van der Waals surface area contributed by atoms with Crippen LogP contribution in [-0.4, -0.2) is 54.7 Å². The van der Waals surface area contributed by atoms with Crippen molar-refractivity contribution in [2.75, 3.05) is 31.6 Å². The summed E-state index contributed by atoms with van der Waals surface area (Å²) in [6.07, 6.45) is 2.59. The van der Waals surface area contributed by atoms with Gasteiger partial charge in [0.25, 0.3) is 0 Å². The second kappa shape index (κ2) is 11.9. The molecule has 1 aromatic heterocycles. The molecule has 3 aromatic rings. The number of carbonyl (C=O) groups excluding carboxylic acids is 1. The molecule has 1 aliphatic heterocycles. The first kappa shape index (κ1) is 25.5. The van der Waals surface area contributed by atoms with E-state index in [1.165, 1.54) is 5.56 Å². The number of likely N-dealkylation sites (N-methyl/N-ethyl adjacent to an activating group) is 1. The van der Waals surface area contributed by atoms with Crippen LogP contribution in [0.25, 0.3) is 0 Å². The molecule has 0 amide bonds. The smallest absolute Gasteiger partial charge is 0.342 e. The lowest BCUT2D eigenvalue weighted by Crippen LogP contribution is -2.37. The summed E-state index contributed by atoms with van der Waals surface area (Å²) >= 11 is 0. The highest BCUT2D eigenvalue weighted by Crippen LogP contribution is 2.27. The summed E-state index contributed by atoms with van der Waals surface area (Å²) in [5.74, 6) is 2.77. The quantitative estimate of drug-likeness (QED) is 0.346. The average molecular weight is 490 g/mol. The fraction of sp³-hybridized carbons (Fsp3) is 0.379. The SMILES string of the molecule is CCN(Cc1ccc(Oc2ccc(OC)cc2)cc1)[C@H]1CCN(c2ncccc2C(=O)OC(C)C)C1. The maximum atomic E-state index is 12.6. The van der Waals surface area contributed by atoms with Crippen molar-refractivity contribution in [3.05, 3.63) is 78.0 Å². The Morgan fingerprint density at radius 3 is 2.36 bits per heavy atom. The van der Waals surface area contributed by atoms with Crippen molar-refractivity contribution in [2.24, 2.45) is 0 Å². The van der Waals surface area contributed by atoms with Gasteiger partial charge in [-0.25, -0.2) is 9.78 Å². The Morgan fingerprint density at radius 2 is 1.72 bits per heavy atom. The van der Waals surface area contributed by atoms with Gasteiger partial charge in [-0.2, -0.15) is 0 Å². The molecule has 0 spiro atoms. The molecule has 0 unspecified atom stereocenters. The summed E-state index contributed by atoms with van der Waals surface area (Å²) in [7, 11) is 1.65. The van der Waals surface area contributed by atoms with Crippen LogP contribution < -0.4 is 14.4 Å². The number of aromatic nitrogens is 1.